The lowest BCUT2D eigenvalue weighted by atomic mass is 10.3. The van der Waals surface area contributed by atoms with Gasteiger partial charge < -0.3 is 5.32 Å². The summed E-state index contributed by atoms with van der Waals surface area (Å²) in [6, 6.07) is 0.175. The Bertz CT molecular complexity index is 186. The van der Waals surface area contributed by atoms with Crippen molar-refractivity contribution < 1.29 is 0 Å². The van der Waals surface area contributed by atoms with Gasteiger partial charge in [0.25, 0.3) is 0 Å². The molecule has 0 spiro atoms. The third-order valence-corrected chi connectivity index (χ3v) is 1.32. The number of hydrogen-bond donors (Lipinski definition) is 1. The van der Waals surface area contributed by atoms with E-state index in [1.54, 1.807) is 12.4 Å². The quantitative estimate of drug-likeness (QED) is 0.632. The average molecular weight is 138 g/mol. The van der Waals surface area contributed by atoms with Crippen LogP contribution in [0.2, 0.25) is 0 Å². The van der Waals surface area contributed by atoms with Gasteiger partial charge in [-0.25, -0.2) is 4.98 Å². The van der Waals surface area contributed by atoms with Crippen LogP contribution in [0.1, 0.15) is 18.8 Å². The van der Waals surface area contributed by atoms with Crippen molar-refractivity contribution in [1.29, 1.82) is 0 Å². The molecule has 0 aliphatic carbocycles. The van der Waals surface area contributed by atoms with Crippen LogP contribution in [0.5, 0.6) is 0 Å². The molecular weight excluding hydrogens is 128 g/mol. The number of aromatic nitrogens is 3. The van der Waals surface area contributed by atoms with Crippen LogP contribution in [0.4, 0.5) is 0 Å². The van der Waals surface area contributed by atoms with E-state index in [2.05, 4.69) is 20.5 Å². The van der Waals surface area contributed by atoms with Crippen LogP contribution < -0.4 is 5.32 Å². The normalized spacial score (nSPS) is 13.0. The molecule has 1 N–H and O–H groups in total. The Morgan fingerprint density at radius 1 is 1.50 bits per heavy atom. The largest absolute Gasteiger partial charge is 0.311 e. The summed E-state index contributed by atoms with van der Waals surface area (Å²) >= 11 is 0. The summed E-state index contributed by atoms with van der Waals surface area (Å²) in [5, 5.41) is 10.5. The van der Waals surface area contributed by atoms with Gasteiger partial charge in [0.15, 0.2) is 5.82 Å². The lowest BCUT2D eigenvalue weighted by Gasteiger charge is -2.04. The topological polar surface area (TPSA) is 50.7 Å². The first kappa shape index (κ1) is 7.08. The van der Waals surface area contributed by atoms with E-state index in [0.717, 1.165) is 5.82 Å². The summed E-state index contributed by atoms with van der Waals surface area (Å²) < 4.78 is 0. The first-order valence-electron chi connectivity index (χ1n) is 3.15. The van der Waals surface area contributed by atoms with Crippen LogP contribution in [0.25, 0.3) is 0 Å². The molecule has 54 valence electrons. The molecule has 1 aromatic heterocycles. The molecule has 0 fully saturated rings. The maximum absolute atomic E-state index is 4.01. The summed E-state index contributed by atoms with van der Waals surface area (Å²) in [7, 11) is 1.86. The second-order valence-electron chi connectivity index (χ2n) is 2.01. The summed E-state index contributed by atoms with van der Waals surface area (Å²) in [4.78, 5) is 4.01. The first-order chi connectivity index (χ1) is 4.84. The van der Waals surface area contributed by atoms with E-state index in [4.69, 9.17) is 0 Å². The van der Waals surface area contributed by atoms with Gasteiger partial charge in [0.2, 0.25) is 0 Å². The molecule has 0 aromatic carbocycles. The van der Waals surface area contributed by atoms with Crippen LogP contribution in [0.3, 0.4) is 0 Å². The molecule has 1 atom stereocenters. The third-order valence-electron chi connectivity index (χ3n) is 1.32. The van der Waals surface area contributed by atoms with Crippen molar-refractivity contribution in [2.45, 2.75) is 13.0 Å². The van der Waals surface area contributed by atoms with E-state index in [9.17, 15) is 0 Å². The molecule has 0 radical (unpaired) electrons. The highest BCUT2D eigenvalue weighted by atomic mass is 15.2. The maximum atomic E-state index is 4.01. The number of hydrogen-bond acceptors (Lipinski definition) is 4. The Morgan fingerprint density at radius 3 is 2.80 bits per heavy atom. The van der Waals surface area contributed by atoms with Gasteiger partial charge in [-0.05, 0) is 14.0 Å². The Labute approximate surface area is 59.7 Å². The zero-order valence-electron chi connectivity index (χ0n) is 6.07. The number of nitrogens with zero attached hydrogens (tertiary/aromatic N) is 3. The molecule has 4 nitrogen and oxygen atoms in total. The molecule has 1 heterocycles. The van der Waals surface area contributed by atoms with Gasteiger partial charge in [-0.3, -0.25) is 0 Å². The van der Waals surface area contributed by atoms with E-state index in [1.807, 2.05) is 14.0 Å². The molecular formula is C6H10N4. The molecule has 10 heavy (non-hydrogen) atoms. The van der Waals surface area contributed by atoms with Crippen molar-refractivity contribution in [1.82, 2.24) is 20.5 Å². The first-order valence-corrected chi connectivity index (χ1v) is 3.15. The molecule has 0 amide bonds. The van der Waals surface area contributed by atoms with Crippen LogP contribution >= 0.6 is 0 Å². The molecule has 4 heteroatoms. The van der Waals surface area contributed by atoms with Crippen LogP contribution in [-0.2, 0) is 0 Å². The highest BCUT2D eigenvalue weighted by molar-refractivity contribution is 4.88. The van der Waals surface area contributed by atoms with Crippen LogP contribution in [0, 0.1) is 0 Å². The second kappa shape index (κ2) is 3.22. The van der Waals surface area contributed by atoms with E-state index >= 15 is 0 Å². The third kappa shape index (κ3) is 1.48. The highest BCUT2D eigenvalue weighted by Gasteiger charge is 2.03. The Kier molecular flexibility index (Phi) is 2.28. The summed E-state index contributed by atoms with van der Waals surface area (Å²) in [6.07, 6.45) is 3.20. The monoisotopic (exact) mass is 138 g/mol. The van der Waals surface area contributed by atoms with Crippen molar-refractivity contribution in [3.05, 3.63) is 18.2 Å². The lowest BCUT2D eigenvalue weighted by Crippen LogP contribution is -2.15. The number of rotatable bonds is 2. The summed E-state index contributed by atoms with van der Waals surface area (Å²) in [5.41, 5.74) is 0. The predicted octanol–water partition coefficient (Wildman–Crippen LogP) is 0.152. The predicted molar refractivity (Wildman–Crippen MR) is 37.3 cm³/mol. The van der Waals surface area contributed by atoms with Crippen molar-refractivity contribution in [3.8, 4) is 0 Å². The molecule has 1 rings (SSSR count). The van der Waals surface area contributed by atoms with Crippen molar-refractivity contribution in [2.75, 3.05) is 7.05 Å². The van der Waals surface area contributed by atoms with Gasteiger partial charge in [0, 0.05) is 6.20 Å². The van der Waals surface area contributed by atoms with Gasteiger partial charge in [0.1, 0.15) is 0 Å². The Morgan fingerprint density at radius 2 is 2.30 bits per heavy atom. The molecule has 0 bridgehead atoms. The molecule has 0 saturated carbocycles. The minimum atomic E-state index is 0.175. The maximum Gasteiger partial charge on any atom is 0.167 e. The summed E-state index contributed by atoms with van der Waals surface area (Å²) in [5.74, 6) is 0.727. The Hall–Kier alpha value is -1.03. The number of nitrogens with one attached hydrogen (secondary N) is 1. The fourth-order valence-electron chi connectivity index (χ4n) is 0.585. The van der Waals surface area contributed by atoms with Gasteiger partial charge in [0.05, 0.1) is 12.2 Å². The van der Waals surface area contributed by atoms with E-state index in [1.165, 1.54) is 0 Å². The molecule has 1 aromatic rings. The fraction of sp³-hybridized carbons (Fsp3) is 0.500. The van der Waals surface area contributed by atoms with Gasteiger partial charge >= 0.3 is 0 Å². The standard InChI is InChI=1S/C6H10N4/c1-5(7-2)6-8-3-4-9-10-6/h3-5,7H,1-2H3. The second-order valence-corrected chi connectivity index (χ2v) is 2.01. The smallest absolute Gasteiger partial charge is 0.167 e. The van der Waals surface area contributed by atoms with Gasteiger partial charge in [-0.2, -0.15) is 5.10 Å². The fourth-order valence-corrected chi connectivity index (χ4v) is 0.585. The average Bonchev–Trinajstić information content (AvgIpc) is 2.05. The minimum Gasteiger partial charge on any atom is -0.311 e. The van der Waals surface area contributed by atoms with Crippen molar-refractivity contribution >= 4 is 0 Å². The lowest BCUT2D eigenvalue weighted by molar-refractivity contribution is 0.596. The van der Waals surface area contributed by atoms with Crippen molar-refractivity contribution in [3.63, 3.8) is 0 Å². The van der Waals surface area contributed by atoms with Crippen molar-refractivity contribution in [2.24, 2.45) is 0 Å². The van der Waals surface area contributed by atoms with Gasteiger partial charge in [-0.15, -0.1) is 5.10 Å². The summed E-state index contributed by atoms with van der Waals surface area (Å²) in [6.45, 7) is 1.98. The van der Waals surface area contributed by atoms with Crippen LogP contribution in [0.15, 0.2) is 12.4 Å². The molecule has 0 saturated heterocycles. The minimum absolute atomic E-state index is 0.175. The van der Waals surface area contributed by atoms with E-state index in [0.29, 0.717) is 0 Å². The highest BCUT2D eigenvalue weighted by Crippen LogP contribution is 2.00. The van der Waals surface area contributed by atoms with Gasteiger partial charge in [-0.1, -0.05) is 0 Å². The molecule has 1 unspecified atom stereocenters. The SMILES string of the molecule is CNC(C)c1nccnn1. The van der Waals surface area contributed by atoms with E-state index < -0.39 is 0 Å². The van der Waals surface area contributed by atoms with E-state index in [-0.39, 0.29) is 6.04 Å². The molecule has 0 aliphatic heterocycles. The Balaban J connectivity index is 2.75. The van der Waals surface area contributed by atoms with Crippen LogP contribution in [-0.4, -0.2) is 22.2 Å². The zero-order valence-corrected chi connectivity index (χ0v) is 6.07. The molecule has 0 aliphatic rings. The zero-order chi connectivity index (χ0) is 7.40.